The third-order valence-electron chi connectivity index (χ3n) is 3.07. The first-order chi connectivity index (χ1) is 9.34. The molecule has 2 N–H and O–H groups in total. The molecule has 6 heteroatoms. The Labute approximate surface area is 115 Å². The minimum absolute atomic E-state index is 0.116. The van der Waals surface area contributed by atoms with E-state index in [1.54, 1.807) is 12.3 Å². The fraction of sp³-hybridized carbons (Fsp3) is 0.357. The zero-order valence-corrected chi connectivity index (χ0v) is 11.3. The van der Waals surface area contributed by atoms with Gasteiger partial charge in [-0.15, -0.1) is 0 Å². The first kappa shape index (κ1) is 14.6. The van der Waals surface area contributed by atoms with Gasteiger partial charge in [-0.25, -0.2) is 4.68 Å². The van der Waals surface area contributed by atoms with Gasteiger partial charge in [-0.1, -0.05) is 19.9 Å². The van der Waals surface area contributed by atoms with Crippen LogP contribution in [0.15, 0.2) is 30.5 Å². The van der Waals surface area contributed by atoms with Gasteiger partial charge in [0.1, 0.15) is 0 Å². The molecule has 108 valence electrons. The minimum atomic E-state index is -4.36. The minimum Gasteiger partial charge on any atom is -0.326 e. The van der Waals surface area contributed by atoms with Crippen molar-refractivity contribution in [1.29, 1.82) is 0 Å². The molecule has 2 rings (SSSR count). The molecular weight excluding hydrogens is 267 g/mol. The Hall–Kier alpha value is -1.82. The predicted octanol–water partition coefficient (Wildman–Crippen LogP) is 3.47. The number of alkyl halides is 3. The number of halogens is 3. The number of nitrogens with zero attached hydrogens (tertiary/aromatic N) is 2. The Morgan fingerprint density at radius 1 is 1.30 bits per heavy atom. The molecule has 1 aromatic carbocycles. The summed E-state index contributed by atoms with van der Waals surface area (Å²) in [4.78, 5) is 0. The zero-order chi connectivity index (χ0) is 14.9. The Morgan fingerprint density at radius 3 is 2.55 bits per heavy atom. The lowest BCUT2D eigenvalue weighted by molar-refractivity contribution is -0.137. The summed E-state index contributed by atoms with van der Waals surface area (Å²) < 4.78 is 39.8. The number of rotatable bonds is 3. The maximum absolute atomic E-state index is 12.8. The van der Waals surface area contributed by atoms with Crippen LogP contribution in [-0.2, 0) is 12.7 Å². The van der Waals surface area contributed by atoms with Gasteiger partial charge in [-0.3, -0.25) is 0 Å². The third-order valence-corrected chi connectivity index (χ3v) is 3.07. The molecule has 0 atom stereocenters. The molecule has 0 aliphatic carbocycles. The maximum atomic E-state index is 12.8. The Morgan fingerprint density at radius 2 is 2.00 bits per heavy atom. The van der Waals surface area contributed by atoms with Gasteiger partial charge in [0, 0.05) is 12.1 Å². The summed E-state index contributed by atoms with van der Waals surface area (Å²) in [6.07, 6.45) is -2.76. The molecule has 0 spiro atoms. The van der Waals surface area contributed by atoms with Gasteiger partial charge >= 0.3 is 6.18 Å². The van der Waals surface area contributed by atoms with Crippen LogP contribution < -0.4 is 5.73 Å². The summed E-state index contributed by atoms with van der Waals surface area (Å²) >= 11 is 0. The van der Waals surface area contributed by atoms with Gasteiger partial charge in [0.25, 0.3) is 0 Å². The van der Waals surface area contributed by atoms with Crippen LogP contribution in [0.2, 0.25) is 0 Å². The van der Waals surface area contributed by atoms with Crippen LogP contribution in [0.3, 0.4) is 0 Å². The highest BCUT2D eigenvalue weighted by Crippen LogP contribution is 2.31. The molecule has 0 aliphatic heterocycles. The first-order valence-electron chi connectivity index (χ1n) is 6.29. The zero-order valence-electron chi connectivity index (χ0n) is 11.3. The highest BCUT2D eigenvalue weighted by Gasteiger charge is 2.30. The van der Waals surface area contributed by atoms with Crippen LogP contribution in [0.4, 0.5) is 13.2 Å². The van der Waals surface area contributed by atoms with E-state index in [4.69, 9.17) is 5.73 Å². The molecule has 0 aliphatic rings. The van der Waals surface area contributed by atoms with E-state index in [1.165, 1.54) is 10.7 Å². The van der Waals surface area contributed by atoms with Crippen molar-refractivity contribution in [3.8, 4) is 5.69 Å². The quantitative estimate of drug-likeness (QED) is 0.937. The van der Waals surface area contributed by atoms with E-state index in [0.29, 0.717) is 12.2 Å². The van der Waals surface area contributed by atoms with Crippen molar-refractivity contribution in [1.82, 2.24) is 9.78 Å². The summed E-state index contributed by atoms with van der Waals surface area (Å²) in [6.45, 7) is 4.23. The Bertz CT molecular complexity index is 600. The number of aromatic nitrogens is 2. The molecule has 0 saturated carbocycles. The number of benzene rings is 1. The van der Waals surface area contributed by atoms with Crippen molar-refractivity contribution < 1.29 is 13.2 Å². The van der Waals surface area contributed by atoms with E-state index in [2.05, 4.69) is 5.10 Å². The van der Waals surface area contributed by atoms with E-state index in [0.717, 1.165) is 23.4 Å². The van der Waals surface area contributed by atoms with E-state index in [1.807, 2.05) is 13.8 Å². The van der Waals surface area contributed by atoms with E-state index < -0.39 is 11.7 Å². The van der Waals surface area contributed by atoms with Crippen LogP contribution in [0, 0.1) is 0 Å². The van der Waals surface area contributed by atoms with Crippen molar-refractivity contribution in [3.05, 3.63) is 47.3 Å². The second-order valence-corrected chi connectivity index (χ2v) is 4.87. The highest BCUT2D eigenvalue weighted by molar-refractivity contribution is 5.40. The number of nitrogens with two attached hydrogens (primary N) is 1. The summed E-state index contributed by atoms with van der Waals surface area (Å²) in [5.41, 5.74) is 7.04. The van der Waals surface area contributed by atoms with E-state index >= 15 is 0 Å². The average molecular weight is 283 g/mol. The summed E-state index contributed by atoms with van der Waals surface area (Å²) in [7, 11) is 0. The molecule has 1 aromatic heterocycles. The molecule has 2 aromatic rings. The summed E-state index contributed by atoms with van der Waals surface area (Å²) in [6, 6.07) is 5.13. The van der Waals surface area contributed by atoms with Gasteiger partial charge in [-0.05, 0) is 24.1 Å². The van der Waals surface area contributed by atoms with Crippen molar-refractivity contribution in [2.45, 2.75) is 32.5 Å². The average Bonchev–Trinajstić information content (AvgIpc) is 2.81. The van der Waals surface area contributed by atoms with Crippen LogP contribution in [0.1, 0.15) is 36.6 Å². The maximum Gasteiger partial charge on any atom is 0.416 e. The Kier molecular flexibility index (Phi) is 3.85. The molecule has 0 bridgehead atoms. The number of hydrogen-bond acceptors (Lipinski definition) is 2. The third kappa shape index (κ3) is 2.70. The van der Waals surface area contributed by atoms with Gasteiger partial charge < -0.3 is 5.73 Å². The monoisotopic (exact) mass is 283 g/mol. The Balaban J connectivity index is 2.55. The lowest BCUT2D eigenvalue weighted by Crippen LogP contribution is -2.10. The van der Waals surface area contributed by atoms with Crippen LogP contribution in [-0.4, -0.2) is 9.78 Å². The standard InChI is InChI=1S/C14H16F3N3/c1-9(2)13-10(7-18)8-19-20(13)12-5-3-4-11(6-12)14(15,16)17/h3-6,8-9H,7,18H2,1-2H3. The van der Waals surface area contributed by atoms with Crippen molar-refractivity contribution in [2.75, 3.05) is 0 Å². The van der Waals surface area contributed by atoms with Crippen LogP contribution in [0.25, 0.3) is 5.69 Å². The number of hydrogen-bond donors (Lipinski definition) is 1. The van der Waals surface area contributed by atoms with Crippen molar-refractivity contribution in [3.63, 3.8) is 0 Å². The second-order valence-electron chi connectivity index (χ2n) is 4.87. The molecular formula is C14H16F3N3. The molecule has 3 nitrogen and oxygen atoms in total. The smallest absolute Gasteiger partial charge is 0.326 e. The summed E-state index contributed by atoms with van der Waals surface area (Å²) in [5.74, 6) is 0.116. The van der Waals surface area contributed by atoms with Crippen molar-refractivity contribution >= 4 is 0 Å². The van der Waals surface area contributed by atoms with Crippen LogP contribution in [0.5, 0.6) is 0 Å². The fourth-order valence-corrected chi connectivity index (χ4v) is 2.18. The lowest BCUT2D eigenvalue weighted by Gasteiger charge is -2.14. The molecule has 0 fully saturated rings. The first-order valence-corrected chi connectivity index (χ1v) is 6.29. The van der Waals surface area contributed by atoms with E-state index in [-0.39, 0.29) is 5.92 Å². The van der Waals surface area contributed by atoms with Crippen LogP contribution >= 0.6 is 0 Å². The molecule has 20 heavy (non-hydrogen) atoms. The molecule has 0 radical (unpaired) electrons. The predicted molar refractivity (Wildman–Crippen MR) is 70.5 cm³/mol. The molecule has 0 amide bonds. The second kappa shape index (κ2) is 5.28. The van der Waals surface area contributed by atoms with Gasteiger partial charge in [0.05, 0.1) is 23.1 Å². The molecule has 1 heterocycles. The molecule has 0 unspecified atom stereocenters. The summed E-state index contributed by atoms with van der Waals surface area (Å²) in [5, 5.41) is 4.17. The van der Waals surface area contributed by atoms with Gasteiger partial charge in [-0.2, -0.15) is 18.3 Å². The van der Waals surface area contributed by atoms with Gasteiger partial charge in [0.2, 0.25) is 0 Å². The fourth-order valence-electron chi connectivity index (χ4n) is 2.18. The largest absolute Gasteiger partial charge is 0.416 e. The van der Waals surface area contributed by atoms with E-state index in [9.17, 15) is 13.2 Å². The molecule has 0 saturated heterocycles. The topological polar surface area (TPSA) is 43.8 Å². The van der Waals surface area contributed by atoms with Crippen molar-refractivity contribution in [2.24, 2.45) is 5.73 Å². The highest BCUT2D eigenvalue weighted by atomic mass is 19.4. The van der Waals surface area contributed by atoms with Gasteiger partial charge in [0.15, 0.2) is 0 Å². The normalized spacial score (nSPS) is 12.2. The SMILES string of the molecule is CC(C)c1c(CN)cnn1-c1cccc(C(F)(F)F)c1. The lowest BCUT2D eigenvalue weighted by atomic mass is 10.1.